The van der Waals surface area contributed by atoms with Gasteiger partial charge in [0.05, 0.1) is 5.54 Å². The summed E-state index contributed by atoms with van der Waals surface area (Å²) >= 11 is 0. The van der Waals surface area contributed by atoms with E-state index in [1.807, 2.05) is 31.2 Å². The number of aliphatic imine (C=N–C) groups is 1. The summed E-state index contributed by atoms with van der Waals surface area (Å²) in [5.41, 5.74) is 10.3. The van der Waals surface area contributed by atoms with Crippen LogP contribution in [0.2, 0.25) is 0 Å². The highest BCUT2D eigenvalue weighted by Gasteiger charge is 2.18. The van der Waals surface area contributed by atoms with Crippen LogP contribution in [0.15, 0.2) is 29.3 Å². The predicted molar refractivity (Wildman–Crippen MR) is 47.1 cm³/mol. The standard InChI is InChI=1S/C8H13N3/c1-8(11-7(9)10)5-3-2-4-6-8/h2-5H,6H2,1H3,(H4,9,10,11). The maximum Gasteiger partial charge on any atom is 0.186 e. The molecular weight excluding hydrogens is 138 g/mol. The summed E-state index contributed by atoms with van der Waals surface area (Å²) < 4.78 is 0. The summed E-state index contributed by atoms with van der Waals surface area (Å²) in [6, 6.07) is 0. The van der Waals surface area contributed by atoms with Crippen LogP contribution in [0.3, 0.4) is 0 Å². The first-order chi connectivity index (χ1) is 5.12. The number of allylic oxidation sites excluding steroid dienone is 2. The summed E-state index contributed by atoms with van der Waals surface area (Å²) in [5.74, 6) is 0.146. The first kappa shape index (κ1) is 7.85. The van der Waals surface area contributed by atoms with E-state index in [9.17, 15) is 0 Å². The molecule has 0 bridgehead atoms. The fourth-order valence-electron chi connectivity index (χ4n) is 1.09. The molecule has 0 saturated heterocycles. The third kappa shape index (κ3) is 2.11. The van der Waals surface area contributed by atoms with E-state index in [0.29, 0.717) is 0 Å². The Balaban J connectivity index is 2.76. The molecule has 0 aliphatic heterocycles. The van der Waals surface area contributed by atoms with Crippen LogP contribution in [0, 0.1) is 0 Å². The van der Waals surface area contributed by atoms with E-state index >= 15 is 0 Å². The van der Waals surface area contributed by atoms with Crippen molar-refractivity contribution in [3.8, 4) is 0 Å². The molecule has 1 unspecified atom stereocenters. The maximum absolute atomic E-state index is 5.28. The monoisotopic (exact) mass is 151 g/mol. The molecule has 0 amide bonds. The van der Waals surface area contributed by atoms with Gasteiger partial charge in [0.1, 0.15) is 0 Å². The normalized spacial score (nSPS) is 28.5. The van der Waals surface area contributed by atoms with Crippen molar-refractivity contribution in [3.63, 3.8) is 0 Å². The average molecular weight is 151 g/mol. The quantitative estimate of drug-likeness (QED) is 0.424. The van der Waals surface area contributed by atoms with E-state index in [1.165, 1.54) is 0 Å². The van der Waals surface area contributed by atoms with Gasteiger partial charge in [0.2, 0.25) is 0 Å². The van der Waals surface area contributed by atoms with Gasteiger partial charge in [-0.2, -0.15) is 0 Å². The molecule has 4 N–H and O–H groups in total. The van der Waals surface area contributed by atoms with Crippen LogP contribution in [-0.2, 0) is 0 Å². The fourth-order valence-corrected chi connectivity index (χ4v) is 1.09. The Morgan fingerprint density at radius 1 is 1.45 bits per heavy atom. The maximum atomic E-state index is 5.28. The van der Waals surface area contributed by atoms with Crippen molar-refractivity contribution >= 4 is 5.96 Å². The zero-order valence-electron chi connectivity index (χ0n) is 6.62. The average Bonchev–Trinajstić information content (AvgIpc) is 1.85. The molecule has 0 aromatic rings. The minimum Gasteiger partial charge on any atom is -0.370 e. The van der Waals surface area contributed by atoms with E-state index in [0.717, 1.165) is 6.42 Å². The topological polar surface area (TPSA) is 64.4 Å². The first-order valence-electron chi connectivity index (χ1n) is 3.58. The summed E-state index contributed by atoms with van der Waals surface area (Å²) in [4.78, 5) is 4.10. The number of rotatable bonds is 1. The number of hydrogen-bond donors (Lipinski definition) is 2. The van der Waals surface area contributed by atoms with Crippen molar-refractivity contribution in [2.24, 2.45) is 16.5 Å². The van der Waals surface area contributed by atoms with Crippen LogP contribution in [0.25, 0.3) is 0 Å². The van der Waals surface area contributed by atoms with Crippen molar-refractivity contribution in [2.45, 2.75) is 18.9 Å². The van der Waals surface area contributed by atoms with Gasteiger partial charge in [0.15, 0.2) is 5.96 Å². The van der Waals surface area contributed by atoms with Crippen molar-refractivity contribution in [1.29, 1.82) is 0 Å². The fraction of sp³-hybridized carbons (Fsp3) is 0.375. The molecule has 0 spiro atoms. The van der Waals surface area contributed by atoms with Crippen LogP contribution in [-0.4, -0.2) is 11.5 Å². The second-order valence-electron chi connectivity index (χ2n) is 2.89. The Bertz CT molecular complexity index is 223. The van der Waals surface area contributed by atoms with Crippen molar-refractivity contribution in [2.75, 3.05) is 0 Å². The minimum atomic E-state index is -0.229. The van der Waals surface area contributed by atoms with E-state index in [2.05, 4.69) is 4.99 Å². The van der Waals surface area contributed by atoms with Crippen molar-refractivity contribution in [1.82, 2.24) is 0 Å². The molecule has 1 atom stereocenters. The third-order valence-electron chi connectivity index (χ3n) is 1.62. The van der Waals surface area contributed by atoms with Gasteiger partial charge >= 0.3 is 0 Å². The van der Waals surface area contributed by atoms with Crippen molar-refractivity contribution < 1.29 is 0 Å². The Morgan fingerprint density at radius 3 is 2.64 bits per heavy atom. The highest BCUT2D eigenvalue weighted by atomic mass is 15.0. The molecule has 0 saturated carbocycles. The summed E-state index contributed by atoms with van der Waals surface area (Å²) in [6.45, 7) is 1.99. The van der Waals surface area contributed by atoms with Gasteiger partial charge in [-0.3, -0.25) is 0 Å². The lowest BCUT2D eigenvalue weighted by atomic mass is 9.95. The van der Waals surface area contributed by atoms with E-state index in [1.54, 1.807) is 0 Å². The zero-order chi connectivity index (χ0) is 8.32. The zero-order valence-corrected chi connectivity index (χ0v) is 6.62. The first-order valence-corrected chi connectivity index (χ1v) is 3.58. The van der Waals surface area contributed by atoms with Gasteiger partial charge in [-0.1, -0.05) is 24.3 Å². The number of nitrogens with zero attached hydrogens (tertiary/aromatic N) is 1. The minimum absolute atomic E-state index is 0.146. The third-order valence-corrected chi connectivity index (χ3v) is 1.62. The van der Waals surface area contributed by atoms with Crippen LogP contribution in [0.1, 0.15) is 13.3 Å². The van der Waals surface area contributed by atoms with Crippen LogP contribution in [0.4, 0.5) is 0 Å². The Hall–Kier alpha value is -1.25. The summed E-state index contributed by atoms with van der Waals surface area (Å²) in [5, 5.41) is 0. The van der Waals surface area contributed by atoms with Crippen LogP contribution >= 0.6 is 0 Å². The van der Waals surface area contributed by atoms with Gasteiger partial charge in [0, 0.05) is 0 Å². The largest absolute Gasteiger partial charge is 0.370 e. The Kier molecular flexibility index (Phi) is 1.98. The van der Waals surface area contributed by atoms with Gasteiger partial charge in [-0.25, -0.2) is 4.99 Å². The van der Waals surface area contributed by atoms with Gasteiger partial charge in [-0.05, 0) is 13.3 Å². The number of guanidine groups is 1. The van der Waals surface area contributed by atoms with Crippen molar-refractivity contribution in [3.05, 3.63) is 24.3 Å². The second kappa shape index (κ2) is 2.78. The summed E-state index contributed by atoms with van der Waals surface area (Å²) in [6.07, 6.45) is 8.85. The second-order valence-corrected chi connectivity index (χ2v) is 2.89. The Labute approximate surface area is 66.5 Å². The lowest BCUT2D eigenvalue weighted by molar-refractivity contribution is 0.591. The number of nitrogens with two attached hydrogens (primary N) is 2. The van der Waals surface area contributed by atoms with Crippen LogP contribution in [0.5, 0.6) is 0 Å². The van der Waals surface area contributed by atoms with E-state index < -0.39 is 0 Å². The number of hydrogen-bond acceptors (Lipinski definition) is 1. The van der Waals surface area contributed by atoms with Gasteiger partial charge in [0.25, 0.3) is 0 Å². The lowest BCUT2D eigenvalue weighted by Gasteiger charge is -2.21. The highest BCUT2D eigenvalue weighted by molar-refractivity contribution is 5.76. The molecule has 0 radical (unpaired) electrons. The highest BCUT2D eigenvalue weighted by Crippen LogP contribution is 2.20. The van der Waals surface area contributed by atoms with Gasteiger partial charge in [-0.15, -0.1) is 0 Å². The molecule has 11 heavy (non-hydrogen) atoms. The Morgan fingerprint density at radius 2 is 2.18 bits per heavy atom. The molecule has 3 nitrogen and oxygen atoms in total. The molecule has 3 heteroatoms. The smallest absolute Gasteiger partial charge is 0.186 e. The summed E-state index contributed by atoms with van der Waals surface area (Å²) in [7, 11) is 0. The lowest BCUT2D eigenvalue weighted by Crippen LogP contribution is -2.30. The molecule has 1 aliphatic carbocycles. The molecule has 0 aromatic heterocycles. The molecule has 1 aliphatic rings. The molecule has 0 aromatic carbocycles. The molecule has 60 valence electrons. The SMILES string of the molecule is CC1(N=C(N)N)C=CC=CC1. The molecule has 0 fully saturated rings. The van der Waals surface area contributed by atoms with E-state index in [-0.39, 0.29) is 11.5 Å². The van der Waals surface area contributed by atoms with E-state index in [4.69, 9.17) is 11.5 Å². The molecule has 1 rings (SSSR count). The predicted octanol–water partition coefficient (Wildman–Crippen LogP) is 0.535. The molecular formula is C8H13N3. The molecule has 0 heterocycles. The van der Waals surface area contributed by atoms with Gasteiger partial charge < -0.3 is 11.5 Å². The van der Waals surface area contributed by atoms with Crippen LogP contribution < -0.4 is 11.5 Å².